The summed E-state index contributed by atoms with van der Waals surface area (Å²) in [4.78, 5) is 55.6. The van der Waals surface area contributed by atoms with Gasteiger partial charge in [0.05, 0.1) is 28.0 Å². The van der Waals surface area contributed by atoms with Crippen molar-refractivity contribution >= 4 is 35.0 Å². The molecule has 160 valence electrons. The van der Waals surface area contributed by atoms with Crippen molar-refractivity contribution in [2.24, 2.45) is 0 Å². The highest BCUT2D eigenvalue weighted by atomic mass is 32.1. The molecule has 1 atom stereocenters. The summed E-state index contributed by atoms with van der Waals surface area (Å²) in [5.74, 6) is -1.66. The highest BCUT2D eigenvalue weighted by Crippen LogP contribution is 2.42. The Labute approximate surface area is 185 Å². The van der Waals surface area contributed by atoms with Gasteiger partial charge in [-0.3, -0.25) is 29.4 Å². The van der Waals surface area contributed by atoms with Gasteiger partial charge in [0.15, 0.2) is 0 Å². The second-order valence-electron chi connectivity index (χ2n) is 8.04. The van der Waals surface area contributed by atoms with Gasteiger partial charge in [-0.15, -0.1) is 16.4 Å². The first-order valence-corrected chi connectivity index (χ1v) is 11.1. The Morgan fingerprint density at radius 2 is 1.88 bits per heavy atom. The minimum atomic E-state index is -1.02. The van der Waals surface area contributed by atoms with E-state index in [-0.39, 0.29) is 24.0 Å². The van der Waals surface area contributed by atoms with E-state index >= 15 is 0 Å². The van der Waals surface area contributed by atoms with Gasteiger partial charge in [0.25, 0.3) is 11.8 Å². The molecule has 0 radical (unpaired) electrons. The van der Waals surface area contributed by atoms with Crippen molar-refractivity contribution in [1.82, 2.24) is 30.2 Å². The van der Waals surface area contributed by atoms with E-state index in [1.54, 1.807) is 35.7 Å². The van der Waals surface area contributed by atoms with Crippen molar-refractivity contribution in [3.05, 3.63) is 45.9 Å². The molecule has 1 aromatic carbocycles. The number of aromatic nitrogens is 4. The molecular formula is C21H16N6O4S. The maximum atomic E-state index is 13.3. The van der Waals surface area contributed by atoms with Crippen LogP contribution in [0.5, 0.6) is 0 Å². The molecule has 2 aromatic heterocycles. The number of hydrogen-bond donors (Lipinski definition) is 1. The van der Waals surface area contributed by atoms with Crippen LogP contribution >= 0.6 is 11.3 Å². The van der Waals surface area contributed by atoms with Crippen molar-refractivity contribution in [2.75, 3.05) is 0 Å². The summed E-state index contributed by atoms with van der Waals surface area (Å²) < 4.78 is 1.45. The molecule has 1 saturated heterocycles. The van der Waals surface area contributed by atoms with Crippen LogP contribution in [0.2, 0.25) is 0 Å². The minimum absolute atomic E-state index is 0.0690. The number of nitrogens with zero attached hydrogens (tertiary/aromatic N) is 5. The zero-order chi connectivity index (χ0) is 22.0. The molecule has 4 heterocycles. The fourth-order valence-electron chi connectivity index (χ4n) is 4.11. The van der Waals surface area contributed by atoms with Crippen molar-refractivity contribution < 1.29 is 19.2 Å². The van der Waals surface area contributed by atoms with Crippen LogP contribution in [-0.4, -0.2) is 54.5 Å². The first-order valence-electron chi connectivity index (χ1n) is 10.2. The lowest BCUT2D eigenvalue weighted by atomic mass is 10.0. The lowest BCUT2D eigenvalue weighted by Gasteiger charge is -2.27. The number of piperidine rings is 1. The second-order valence-corrected chi connectivity index (χ2v) is 8.93. The molecule has 1 unspecified atom stereocenters. The molecule has 1 N–H and O–H groups in total. The Hall–Kier alpha value is -3.73. The molecule has 3 aromatic rings. The Kier molecular flexibility index (Phi) is 4.09. The number of carbonyl (C=O) groups excluding carboxylic acids is 4. The molecule has 6 rings (SSSR count). The molecule has 10 nitrogen and oxygen atoms in total. The van der Waals surface area contributed by atoms with E-state index < -0.39 is 29.7 Å². The lowest BCUT2D eigenvalue weighted by Crippen LogP contribution is -2.54. The maximum absolute atomic E-state index is 13.3. The number of nitrogens with one attached hydrogen (secondary N) is 1. The molecule has 11 heteroatoms. The minimum Gasteiger partial charge on any atom is -0.295 e. The van der Waals surface area contributed by atoms with Gasteiger partial charge < -0.3 is 0 Å². The van der Waals surface area contributed by atoms with Crippen molar-refractivity contribution in [3.63, 3.8) is 0 Å². The Morgan fingerprint density at radius 1 is 1.03 bits per heavy atom. The van der Waals surface area contributed by atoms with Gasteiger partial charge in [-0.25, -0.2) is 9.67 Å². The third-order valence-electron chi connectivity index (χ3n) is 5.90. The number of imide groups is 2. The maximum Gasteiger partial charge on any atom is 0.264 e. The summed E-state index contributed by atoms with van der Waals surface area (Å²) in [6, 6.07) is 3.86. The summed E-state index contributed by atoms with van der Waals surface area (Å²) in [6.45, 7) is 0. The Bertz CT molecular complexity index is 1320. The zero-order valence-electron chi connectivity index (χ0n) is 16.6. The largest absolute Gasteiger partial charge is 0.295 e. The van der Waals surface area contributed by atoms with E-state index in [4.69, 9.17) is 0 Å². The monoisotopic (exact) mass is 448 g/mol. The van der Waals surface area contributed by atoms with Gasteiger partial charge in [0, 0.05) is 17.7 Å². The van der Waals surface area contributed by atoms with Gasteiger partial charge in [-0.2, -0.15) is 0 Å². The summed E-state index contributed by atoms with van der Waals surface area (Å²) in [5, 5.41) is 13.6. The van der Waals surface area contributed by atoms with Crippen LogP contribution < -0.4 is 5.32 Å². The summed E-state index contributed by atoms with van der Waals surface area (Å²) in [5.41, 5.74) is 2.05. The van der Waals surface area contributed by atoms with Gasteiger partial charge in [-0.1, -0.05) is 11.3 Å². The normalized spacial score (nSPS) is 20.6. The number of fused-ring (bicyclic) bond motifs is 1. The molecule has 1 aliphatic carbocycles. The number of carbonyl (C=O) groups is 4. The van der Waals surface area contributed by atoms with E-state index in [1.807, 2.05) is 5.38 Å². The van der Waals surface area contributed by atoms with Crippen LogP contribution in [0.1, 0.15) is 57.3 Å². The van der Waals surface area contributed by atoms with Crippen molar-refractivity contribution in [1.29, 1.82) is 0 Å². The van der Waals surface area contributed by atoms with Crippen LogP contribution in [0, 0.1) is 0 Å². The fourth-order valence-corrected chi connectivity index (χ4v) is 5.10. The predicted molar refractivity (Wildman–Crippen MR) is 111 cm³/mol. The molecule has 2 fully saturated rings. The van der Waals surface area contributed by atoms with E-state index in [0.717, 1.165) is 28.4 Å². The Balaban J connectivity index is 1.35. The van der Waals surface area contributed by atoms with Gasteiger partial charge in [-0.05, 0) is 31.4 Å². The molecule has 4 amide bonds. The first kappa shape index (κ1) is 19.0. The summed E-state index contributed by atoms with van der Waals surface area (Å²) in [6.07, 6.45) is 4.17. The van der Waals surface area contributed by atoms with E-state index in [2.05, 4.69) is 20.6 Å². The topological polar surface area (TPSA) is 127 Å². The van der Waals surface area contributed by atoms with E-state index in [1.165, 1.54) is 4.68 Å². The third-order valence-corrected chi connectivity index (χ3v) is 6.90. The number of benzene rings is 1. The highest BCUT2D eigenvalue weighted by molar-refractivity contribution is 7.10. The molecule has 1 saturated carbocycles. The first-order chi connectivity index (χ1) is 15.5. The van der Waals surface area contributed by atoms with E-state index in [9.17, 15) is 19.2 Å². The second kappa shape index (κ2) is 6.89. The number of amides is 4. The van der Waals surface area contributed by atoms with Crippen LogP contribution in [0.25, 0.3) is 17.1 Å². The van der Waals surface area contributed by atoms with E-state index in [0.29, 0.717) is 17.3 Å². The van der Waals surface area contributed by atoms with Gasteiger partial charge in [0.1, 0.15) is 17.4 Å². The molecule has 0 spiro atoms. The lowest BCUT2D eigenvalue weighted by molar-refractivity contribution is -0.136. The predicted octanol–water partition coefficient (Wildman–Crippen LogP) is 1.67. The van der Waals surface area contributed by atoms with Crippen LogP contribution in [0.15, 0.2) is 29.8 Å². The standard InChI is InChI=1S/C21H16N6O4S/c28-16-7-6-15(18(29)23-16)27-20(30)11-2-1-3-14(17(11)21(27)31)26-8-12(24-25-26)13-9-32-19(22-13)10-4-5-10/h1-3,8-10,15H,4-7H2,(H,23,28,29). The average molecular weight is 448 g/mol. The number of hydrogen-bond acceptors (Lipinski definition) is 8. The zero-order valence-corrected chi connectivity index (χ0v) is 17.5. The summed E-state index contributed by atoms with van der Waals surface area (Å²) >= 11 is 1.60. The third kappa shape index (κ3) is 2.88. The fraction of sp³-hybridized carbons (Fsp3) is 0.286. The number of rotatable bonds is 4. The SMILES string of the molecule is O=C1CCC(N2C(=O)c3cccc(-n4cc(-c5csc(C6CC6)n5)nn4)c3C2=O)C(=O)N1. The number of thiazole rings is 1. The highest BCUT2D eigenvalue weighted by Gasteiger charge is 2.45. The molecule has 32 heavy (non-hydrogen) atoms. The Morgan fingerprint density at radius 3 is 2.66 bits per heavy atom. The van der Waals surface area contributed by atoms with Crippen LogP contribution in [-0.2, 0) is 9.59 Å². The van der Waals surface area contributed by atoms with Gasteiger partial charge >= 0.3 is 0 Å². The van der Waals surface area contributed by atoms with Crippen LogP contribution in [0.4, 0.5) is 0 Å². The molecule has 3 aliphatic rings. The molecular weight excluding hydrogens is 432 g/mol. The van der Waals surface area contributed by atoms with Crippen molar-refractivity contribution in [3.8, 4) is 17.1 Å². The molecule has 2 aliphatic heterocycles. The van der Waals surface area contributed by atoms with Crippen molar-refractivity contribution in [2.45, 2.75) is 37.6 Å². The average Bonchev–Trinajstić information content (AvgIpc) is 3.21. The quantitative estimate of drug-likeness (QED) is 0.602. The van der Waals surface area contributed by atoms with Gasteiger partial charge in [0.2, 0.25) is 11.8 Å². The summed E-state index contributed by atoms with van der Waals surface area (Å²) in [7, 11) is 0. The van der Waals surface area contributed by atoms with Crippen LogP contribution in [0.3, 0.4) is 0 Å². The smallest absolute Gasteiger partial charge is 0.264 e. The molecule has 0 bridgehead atoms.